The first kappa shape index (κ1) is 27.5. The van der Waals surface area contributed by atoms with Crippen LogP contribution in [0, 0.1) is 0 Å². The predicted molar refractivity (Wildman–Crippen MR) is 142 cm³/mol. The van der Waals surface area contributed by atoms with Crippen LogP contribution in [0.5, 0.6) is 11.5 Å². The molecule has 0 saturated heterocycles. The first-order chi connectivity index (χ1) is 15.0. The topological polar surface area (TPSA) is 75.2 Å². The number of halogens is 1. The molecule has 0 saturated carbocycles. The summed E-state index contributed by atoms with van der Waals surface area (Å²) >= 11 is 0. The third-order valence-corrected chi connectivity index (χ3v) is 4.82. The molecular weight excluding hydrogens is 519 g/mol. The van der Waals surface area contributed by atoms with Gasteiger partial charge in [0.15, 0.2) is 17.5 Å². The molecule has 1 amide bonds. The van der Waals surface area contributed by atoms with Gasteiger partial charge < -0.3 is 25.0 Å². The standard InChI is InChI=1S/C24H34N4O3.HI/c1-6-25-24(26-15-13-19-7-10-21(11-8-19)27-18(2)29)28(3)16-14-20-9-12-22(30-4)23(17-20)31-5;/h7-12,17H,6,13-16H2,1-5H3,(H,25,26)(H,27,29);1H. The van der Waals surface area contributed by atoms with Crippen molar-refractivity contribution in [3.8, 4) is 11.5 Å². The van der Waals surface area contributed by atoms with Crippen LogP contribution in [0.3, 0.4) is 0 Å². The molecule has 0 spiro atoms. The molecule has 0 aromatic heterocycles. The van der Waals surface area contributed by atoms with Gasteiger partial charge in [0.1, 0.15) is 0 Å². The highest BCUT2D eigenvalue weighted by molar-refractivity contribution is 14.0. The van der Waals surface area contributed by atoms with Gasteiger partial charge in [0, 0.05) is 39.3 Å². The molecule has 0 aliphatic rings. The Labute approximate surface area is 208 Å². The lowest BCUT2D eigenvalue weighted by Crippen LogP contribution is -2.40. The Morgan fingerprint density at radius 3 is 2.25 bits per heavy atom. The zero-order chi connectivity index (χ0) is 22.6. The summed E-state index contributed by atoms with van der Waals surface area (Å²) in [5.74, 6) is 2.30. The summed E-state index contributed by atoms with van der Waals surface area (Å²) < 4.78 is 10.7. The molecule has 2 rings (SSSR count). The maximum Gasteiger partial charge on any atom is 0.221 e. The van der Waals surface area contributed by atoms with Crippen LogP contribution in [0.15, 0.2) is 47.5 Å². The van der Waals surface area contributed by atoms with Gasteiger partial charge in [-0.15, -0.1) is 24.0 Å². The lowest BCUT2D eigenvalue weighted by Gasteiger charge is -2.22. The molecule has 176 valence electrons. The fourth-order valence-corrected chi connectivity index (χ4v) is 3.16. The van der Waals surface area contributed by atoms with Crippen LogP contribution in [0.2, 0.25) is 0 Å². The molecule has 0 unspecified atom stereocenters. The van der Waals surface area contributed by atoms with E-state index in [9.17, 15) is 4.79 Å². The number of methoxy groups -OCH3 is 2. The first-order valence-corrected chi connectivity index (χ1v) is 10.5. The van der Waals surface area contributed by atoms with E-state index in [1.807, 2.05) is 43.4 Å². The van der Waals surface area contributed by atoms with Crippen molar-refractivity contribution in [1.82, 2.24) is 10.2 Å². The average Bonchev–Trinajstić information content (AvgIpc) is 2.77. The Bertz CT molecular complexity index is 872. The van der Waals surface area contributed by atoms with Crippen LogP contribution in [-0.4, -0.2) is 57.7 Å². The number of anilines is 1. The molecule has 2 aromatic rings. The van der Waals surface area contributed by atoms with Crippen molar-refractivity contribution in [2.45, 2.75) is 26.7 Å². The van der Waals surface area contributed by atoms with Gasteiger partial charge >= 0.3 is 0 Å². The Kier molecular flexibility index (Phi) is 12.5. The highest BCUT2D eigenvalue weighted by atomic mass is 127. The van der Waals surface area contributed by atoms with Gasteiger partial charge in [0.2, 0.25) is 5.91 Å². The summed E-state index contributed by atoms with van der Waals surface area (Å²) in [5.41, 5.74) is 3.17. The molecule has 0 radical (unpaired) electrons. The number of benzene rings is 2. The van der Waals surface area contributed by atoms with Crippen LogP contribution in [0.4, 0.5) is 5.69 Å². The van der Waals surface area contributed by atoms with Crippen molar-refractivity contribution in [2.24, 2.45) is 4.99 Å². The van der Waals surface area contributed by atoms with E-state index >= 15 is 0 Å². The number of ether oxygens (including phenoxy) is 2. The SMILES string of the molecule is CCNC(=NCCc1ccc(NC(C)=O)cc1)N(C)CCc1ccc(OC)c(OC)c1.I. The number of likely N-dealkylation sites (N-methyl/N-ethyl adjacent to an activating group) is 1. The van der Waals surface area contributed by atoms with Gasteiger partial charge in [-0.05, 0) is 55.2 Å². The fraction of sp³-hybridized carbons (Fsp3) is 0.417. The molecule has 0 heterocycles. The van der Waals surface area contributed by atoms with Crippen molar-refractivity contribution in [3.05, 3.63) is 53.6 Å². The predicted octanol–water partition coefficient (Wildman–Crippen LogP) is 3.96. The van der Waals surface area contributed by atoms with E-state index in [4.69, 9.17) is 14.5 Å². The zero-order valence-electron chi connectivity index (χ0n) is 19.6. The first-order valence-electron chi connectivity index (χ1n) is 10.5. The smallest absolute Gasteiger partial charge is 0.221 e. The van der Waals surface area contributed by atoms with E-state index in [2.05, 4.69) is 28.5 Å². The summed E-state index contributed by atoms with van der Waals surface area (Å²) in [6.07, 6.45) is 1.70. The lowest BCUT2D eigenvalue weighted by molar-refractivity contribution is -0.114. The van der Waals surface area contributed by atoms with Crippen molar-refractivity contribution < 1.29 is 14.3 Å². The van der Waals surface area contributed by atoms with Gasteiger partial charge in [0.05, 0.1) is 14.2 Å². The minimum absolute atomic E-state index is 0. The second-order valence-electron chi connectivity index (χ2n) is 7.22. The van der Waals surface area contributed by atoms with Crippen LogP contribution in [0.25, 0.3) is 0 Å². The van der Waals surface area contributed by atoms with E-state index < -0.39 is 0 Å². The van der Waals surface area contributed by atoms with E-state index in [1.165, 1.54) is 18.1 Å². The molecule has 8 heteroatoms. The summed E-state index contributed by atoms with van der Waals surface area (Å²) in [6.45, 7) is 5.89. The second kappa shape index (κ2) is 14.5. The summed E-state index contributed by atoms with van der Waals surface area (Å²) in [6, 6.07) is 13.9. The number of carbonyl (C=O) groups is 1. The fourth-order valence-electron chi connectivity index (χ4n) is 3.16. The normalized spacial score (nSPS) is 10.7. The molecule has 2 aromatic carbocycles. The monoisotopic (exact) mass is 554 g/mol. The Morgan fingerprint density at radius 1 is 1.00 bits per heavy atom. The quantitative estimate of drug-likeness (QED) is 0.264. The maximum absolute atomic E-state index is 11.1. The number of rotatable bonds is 10. The Morgan fingerprint density at radius 2 is 1.66 bits per heavy atom. The van der Waals surface area contributed by atoms with E-state index in [0.29, 0.717) is 6.54 Å². The summed E-state index contributed by atoms with van der Waals surface area (Å²) in [5, 5.41) is 6.14. The summed E-state index contributed by atoms with van der Waals surface area (Å²) in [7, 11) is 5.34. The molecule has 32 heavy (non-hydrogen) atoms. The third kappa shape index (κ3) is 8.94. The van der Waals surface area contributed by atoms with Crippen LogP contribution < -0.4 is 20.1 Å². The molecular formula is C24H35IN4O3. The number of guanidine groups is 1. The molecule has 2 N–H and O–H groups in total. The lowest BCUT2D eigenvalue weighted by atomic mass is 10.1. The van der Waals surface area contributed by atoms with E-state index in [-0.39, 0.29) is 29.9 Å². The van der Waals surface area contributed by atoms with Gasteiger partial charge in [0.25, 0.3) is 0 Å². The number of aliphatic imine (C=N–C) groups is 1. The molecule has 7 nitrogen and oxygen atoms in total. The minimum atomic E-state index is -0.0660. The maximum atomic E-state index is 11.1. The van der Waals surface area contributed by atoms with Gasteiger partial charge in [-0.2, -0.15) is 0 Å². The van der Waals surface area contributed by atoms with Gasteiger partial charge in [-0.1, -0.05) is 18.2 Å². The number of hydrogen-bond donors (Lipinski definition) is 2. The van der Waals surface area contributed by atoms with Crippen LogP contribution in [0.1, 0.15) is 25.0 Å². The average molecular weight is 554 g/mol. The molecule has 0 aliphatic heterocycles. The summed E-state index contributed by atoms with van der Waals surface area (Å²) in [4.78, 5) is 18.0. The van der Waals surface area contributed by atoms with E-state index in [0.717, 1.165) is 49.1 Å². The highest BCUT2D eigenvalue weighted by Crippen LogP contribution is 2.27. The third-order valence-electron chi connectivity index (χ3n) is 4.82. The molecule has 0 atom stereocenters. The van der Waals surface area contributed by atoms with Crippen molar-refractivity contribution in [2.75, 3.05) is 46.2 Å². The number of nitrogens with one attached hydrogen (secondary N) is 2. The largest absolute Gasteiger partial charge is 0.493 e. The van der Waals surface area contributed by atoms with Crippen LogP contribution >= 0.6 is 24.0 Å². The number of carbonyl (C=O) groups excluding carboxylic acids is 1. The number of nitrogens with zero attached hydrogens (tertiary/aromatic N) is 2. The molecule has 0 aliphatic carbocycles. The van der Waals surface area contributed by atoms with Gasteiger partial charge in [-0.25, -0.2) is 0 Å². The van der Waals surface area contributed by atoms with E-state index in [1.54, 1.807) is 14.2 Å². The Balaban J connectivity index is 0.00000512. The minimum Gasteiger partial charge on any atom is -0.493 e. The number of hydrogen-bond acceptors (Lipinski definition) is 4. The van der Waals surface area contributed by atoms with Crippen molar-refractivity contribution in [3.63, 3.8) is 0 Å². The zero-order valence-corrected chi connectivity index (χ0v) is 21.9. The second-order valence-corrected chi connectivity index (χ2v) is 7.22. The van der Waals surface area contributed by atoms with Crippen LogP contribution in [-0.2, 0) is 17.6 Å². The Hall–Kier alpha value is -2.49. The van der Waals surface area contributed by atoms with Crippen molar-refractivity contribution in [1.29, 1.82) is 0 Å². The molecule has 0 fully saturated rings. The number of amides is 1. The van der Waals surface area contributed by atoms with Gasteiger partial charge in [-0.3, -0.25) is 9.79 Å². The van der Waals surface area contributed by atoms with Crippen molar-refractivity contribution >= 4 is 41.5 Å². The molecule has 0 bridgehead atoms. The highest BCUT2D eigenvalue weighted by Gasteiger charge is 2.08.